The Hall–Kier alpha value is -1.94. The van der Waals surface area contributed by atoms with Gasteiger partial charge in [-0.3, -0.25) is 4.98 Å². The second-order valence-corrected chi connectivity index (χ2v) is 4.24. The molecule has 19 heavy (non-hydrogen) atoms. The maximum Gasteiger partial charge on any atom is 0.451 e. The number of alkyl halides is 3. The van der Waals surface area contributed by atoms with Crippen molar-refractivity contribution in [3.05, 3.63) is 30.5 Å². The van der Waals surface area contributed by atoms with E-state index in [1.54, 1.807) is 0 Å². The number of halogens is 3. The lowest BCUT2D eigenvalue weighted by Crippen LogP contribution is -2.16. The molecule has 0 spiro atoms. The van der Waals surface area contributed by atoms with Gasteiger partial charge in [-0.2, -0.15) is 13.2 Å². The molecule has 2 aromatic heterocycles. The zero-order valence-corrected chi connectivity index (χ0v) is 10.0. The highest BCUT2D eigenvalue weighted by Crippen LogP contribution is 2.31. The third-order valence-corrected chi connectivity index (χ3v) is 2.69. The van der Waals surface area contributed by atoms with Gasteiger partial charge in [-0.1, -0.05) is 0 Å². The summed E-state index contributed by atoms with van der Waals surface area (Å²) in [5.41, 5.74) is 2.07. The van der Waals surface area contributed by atoms with Crippen LogP contribution in [0.4, 0.5) is 19.0 Å². The summed E-state index contributed by atoms with van der Waals surface area (Å²) in [7, 11) is 0. The molecule has 0 aliphatic heterocycles. The third-order valence-electron chi connectivity index (χ3n) is 1.85. The van der Waals surface area contributed by atoms with Crippen LogP contribution in [-0.2, 0) is 6.18 Å². The largest absolute Gasteiger partial charge is 0.451 e. The molecule has 2 rings (SSSR count). The highest BCUT2D eigenvalue weighted by molar-refractivity contribution is 7.99. The van der Waals surface area contributed by atoms with E-state index in [9.17, 15) is 13.2 Å². The molecular formula is C9H7F3N6S. The van der Waals surface area contributed by atoms with E-state index in [2.05, 4.69) is 25.4 Å². The van der Waals surface area contributed by atoms with Crippen molar-refractivity contribution in [2.45, 2.75) is 16.2 Å². The first-order valence-electron chi connectivity index (χ1n) is 4.86. The number of aromatic nitrogens is 4. The van der Waals surface area contributed by atoms with E-state index in [-0.39, 0.29) is 10.8 Å². The average Bonchev–Trinajstić information content (AvgIpc) is 2.38. The molecule has 0 saturated carbocycles. The minimum absolute atomic E-state index is 0.0655. The lowest BCUT2D eigenvalue weighted by Gasteiger charge is -2.09. The summed E-state index contributed by atoms with van der Waals surface area (Å²) in [5, 5.41) is 0.480. The van der Waals surface area contributed by atoms with Crippen LogP contribution in [0.25, 0.3) is 0 Å². The average molecular weight is 288 g/mol. The Labute approximate surface area is 109 Å². The van der Waals surface area contributed by atoms with Crippen molar-refractivity contribution < 1.29 is 13.2 Å². The summed E-state index contributed by atoms with van der Waals surface area (Å²) in [6, 6.07) is 1.29. The zero-order valence-electron chi connectivity index (χ0n) is 9.22. The number of hydrazine groups is 1. The Bertz CT molecular complexity index is 562. The summed E-state index contributed by atoms with van der Waals surface area (Å²) >= 11 is 0.927. The number of hydrogen-bond acceptors (Lipinski definition) is 7. The SMILES string of the molecule is NNc1cc(Sc2cnccn2)nc(C(F)(F)F)n1. The lowest BCUT2D eigenvalue weighted by molar-refractivity contribution is -0.145. The van der Waals surface area contributed by atoms with E-state index < -0.39 is 12.0 Å². The Balaban J connectivity index is 2.35. The molecule has 0 bridgehead atoms. The van der Waals surface area contributed by atoms with E-state index >= 15 is 0 Å². The van der Waals surface area contributed by atoms with Crippen LogP contribution in [0.1, 0.15) is 5.82 Å². The van der Waals surface area contributed by atoms with Crippen LogP contribution in [0, 0.1) is 0 Å². The van der Waals surface area contributed by atoms with Crippen LogP contribution in [0.3, 0.4) is 0 Å². The fourth-order valence-corrected chi connectivity index (χ4v) is 1.87. The van der Waals surface area contributed by atoms with E-state index in [1.165, 1.54) is 24.7 Å². The molecule has 0 aliphatic rings. The van der Waals surface area contributed by atoms with Crippen LogP contribution in [0.15, 0.2) is 34.7 Å². The van der Waals surface area contributed by atoms with E-state index in [0.717, 1.165) is 11.8 Å². The predicted octanol–water partition coefficient (Wildman–Crippen LogP) is 1.72. The summed E-state index contributed by atoms with van der Waals surface area (Å²) < 4.78 is 37.8. The Morgan fingerprint density at radius 3 is 2.53 bits per heavy atom. The van der Waals surface area contributed by atoms with Crippen LogP contribution in [0.2, 0.25) is 0 Å². The molecule has 6 nitrogen and oxygen atoms in total. The van der Waals surface area contributed by atoms with Gasteiger partial charge >= 0.3 is 6.18 Å². The van der Waals surface area contributed by atoms with Crippen molar-refractivity contribution in [3.8, 4) is 0 Å². The monoisotopic (exact) mass is 288 g/mol. The number of nitrogens with one attached hydrogen (secondary N) is 1. The minimum Gasteiger partial charge on any atom is -0.308 e. The predicted molar refractivity (Wildman–Crippen MR) is 61.0 cm³/mol. The first-order valence-corrected chi connectivity index (χ1v) is 5.67. The molecule has 0 fully saturated rings. The maximum absolute atomic E-state index is 12.6. The molecule has 0 aromatic carbocycles. The van der Waals surface area contributed by atoms with E-state index in [4.69, 9.17) is 5.84 Å². The van der Waals surface area contributed by atoms with Gasteiger partial charge in [0.15, 0.2) is 0 Å². The van der Waals surface area contributed by atoms with Crippen LogP contribution in [-0.4, -0.2) is 19.9 Å². The number of nitrogens with zero attached hydrogens (tertiary/aromatic N) is 4. The van der Waals surface area contributed by atoms with Gasteiger partial charge < -0.3 is 5.43 Å². The van der Waals surface area contributed by atoms with Gasteiger partial charge in [0.2, 0.25) is 5.82 Å². The van der Waals surface area contributed by atoms with E-state index in [1.807, 2.05) is 0 Å². The van der Waals surface area contributed by atoms with Gasteiger partial charge in [0.05, 0.1) is 6.20 Å². The van der Waals surface area contributed by atoms with Crippen molar-refractivity contribution in [3.63, 3.8) is 0 Å². The van der Waals surface area contributed by atoms with Crippen molar-refractivity contribution in [1.29, 1.82) is 0 Å². The maximum atomic E-state index is 12.6. The van der Waals surface area contributed by atoms with Crippen molar-refractivity contribution >= 4 is 17.6 Å². The molecule has 0 amide bonds. The zero-order chi connectivity index (χ0) is 13.9. The van der Waals surface area contributed by atoms with E-state index in [0.29, 0.717) is 5.03 Å². The highest BCUT2D eigenvalue weighted by Gasteiger charge is 2.35. The molecule has 0 aliphatic carbocycles. The molecule has 0 radical (unpaired) electrons. The summed E-state index contributed by atoms with van der Waals surface area (Å²) in [6.07, 6.45) is -0.353. The summed E-state index contributed by atoms with van der Waals surface area (Å²) in [4.78, 5) is 14.4. The van der Waals surface area contributed by atoms with Gasteiger partial charge in [0.1, 0.15) is 15.9 Å². The Morgan fingerprint density at radius 2 is 1.95 bits per heavy atom. The third kappa shape index (κ3) is 3.51. The first-order chi connectivity index (χ1) is 8.99. The van der Waals surface area contributed by atoms with Crippen LogP contribution < -0.4 is 11.3 Å². The fourth-order valence-electron chi connectivity index (χ4n) is 1.12. The molecule has 0 saturated heterocycles. The Morgan fingerprint density at radius 1 is 1.16 bits per heavy atom. The molecule has 100 valence electrons. The quantitative estimate of drug-likeness (QED) is 0.505. The molecule has 2 heterocycles. The van der Waals surface area contributed by atoms with Crippen LogP contribution in [0.5, 0.6) is 0 Å². The van der Waals surface area contributed by atoms with Crippen molar-refractivity contribution in [2.24, 2.45) is 5.84 Å². The standard InChI is InChI=1S/C9H7F3N6S/c10-9(11,12)8-16-5(18-13)3-6(17-8)19-7-4-14-1-2-15-7/h1-4H,13H2,(H,16,17,18). The smallest absolute Gasteiger partial charge is 0.308 e. The first kappa shape index (κ1) is 13.5. The van der Waals surface area contributed by atoms with Gasteiger partial charge in [-0.15, -0.1) is 0 Å². The number of rotatable bonds is 3. The minimum atomic E-state index is -4.65. The fraction of sp³-hybridized carbons (Fsp3) is 0.111. The highest BCUT2D eigenvalue weighted by atomic mass is 32.2. The molecule has 3 N–H and O–H groups in total. The topological polar surface area (TPSA) is 89.6 Å². The van der Waals surface area contributed by atoms with Crippen LogP contribution >= 0.6 is 11.8 Å². The van der Waals surface area contributed by atoms with Gasteiger partial charge in [0, 0.05) is 18.5 Å². The number of nitrogen functional groups attached to an aromatic ring is 1. The number of hydrogen-bond donors (Lipinski definition) is 2. The van der Waals surface area contributed by atoms with Gasteiger partial charge in [-0.25, -0.2) is 20.8 Å². The van der Waals surface area contributed by atoms with Gasteiger partial charge in [-0.05, 0) is 11.8 Å². The normalized spacial score (nSPS) is 11.4. The van der Waals surface area contributed by atoms with Gasteiger partial charge in [0.25, 0.3) is 0 Å². The second-order valence-electron chi connectivity index (χ2n) is 3.20. The van der Waals surface area contributed by atoms with Crippen molar-refractivity contribution in [2.75, 3.05) is 5.43 Å². The molecule has 0 unspecified atom stereocenters. The summed E-state index contributed by atoms with van der Waals surface area (Å²) in [5.74, 6) is 3.68. The number of anilines is 1. The second kappa shape index (κ2) is 5.36. The lowest BCUT2D eigenvalue weighted by atomic mass is 10.5. The molecule has 10 heteroatoms. The molecule has 2 aromatic rings. The van der Waals surface area contributed by atoms with Crippen molar-refractivity contribution in [1.82, 2.24) is 19.9 Å². The Kier molecular flexibility index (Phi) is 3.81. The number of nitrogens with two attached hydrogens (primary N) is 1. The molecular weight excluding hydrogens is 281 g/mol. The summed E-state index contributed by atoms with van der Waals surface area (Å²) in [6.45, 7) is 0. The molecule has 0 atom stereocenters.